The smallest absolute Gasteiger partial charge is 0.225 e. The number of nitrogens with two attached hydrogens (primary N) is 1. The van der Waals surface area contributed by atoms with Crippen molar-refractivity contribution >= 4 is 11.6 Å². The molecule has 3 N–H and O–H groups in total. The zero-order chi connectivity index (χ0) is 15.1. The summed E-state index contributed by atoms with van der Waals surface area (Å²) in [6.45, 7) is 5.83. The van der Waals surface area contributed by atoms with Crippen LogP contribution < -0.4 is 11.1 Å². The molecule has 0 saturated carbocycles. The van der Waals surface area contributed by atoms with Crippen molar-refractivity contribution in [1.82, 2.24) is 4.90 Å². The third-order valence-electron chi connectivity index (χ3n) is 4.45. The minimum Gasteiger partial charge on any atom is -0.326 e. The first-order valence-electron chi connectivity index (χ1n) is 8.03. The summed E-state index contributed by atoms with van der Waals surface area (Å²) in [7, 11) is 0. The topological polar surface area (TPSA) is 58.4 Å². The van der Waals surface area contributed by atoms with E-state index in [0.717, 1.165) is 36.8 Å². The predicted molar refractivity (Wildman–Crippen MR) is 87.0 cm³/mol. The lowest BCUT2D eigenvalue weighted by molar-refractivity contribution is -0.116. The number of amides is 1. The first-order valence-corrected chi connectivity index (χ1v) is 8.03. The molecule has 116 valence electrons. The lowest BCUT2D eigenvalue weighted by atomic mass is 9.94. The van der Waals surface area contributed by atoms with Crippen molar-refractivity contribution in [3.8, 4) is 0 Å². The second kappa shape index (κ2) is 8.15. The molecule has 0 aliphatic carbocycles. The number of anilines is 1. The summed E-state index contributed by atoms with van der Waals surface area (Å²) in [5.41, 5.74) is 7.51. The van der Waals surface area contributed by atoms with E-state index in [1.807, 2.05) is 24.3 Å². The Morgan fingerprint density at radius 3 is 2.71 bits per heavy atom. The van der Waals surface area contributed by atoms with Crippen molar-refractivity contribution in [1.29, 1.82) is 0 Å². The quantitative estimate of drug-likeness (QED) is 0.846. The molecular weight excluding hydrogens is 262 g/mol. The molecule has 0 unspecified atom stereocenters. The summed E-state index contributed by atoms with van der Waals surface area (Å²) in [6, 6.07) is 7.72. The molecule has 0 radical (unpaired) electrons. The maximum absolute atomic E-state index is 12.1. The third-order valence-corrected chi connectivity index (χ3v) is 4.45. The molecule has 1 aromatic carbocycles. The zero-order valence-corrected chi connectivity index (χ0v) is 13.0. The Labute approximate surface area is 127 Å². The first kappa shape index (κ1) is 16.0. The second-order valence-electron chi connectivity index (χ2n) is 5.85. The minimum absolute atomic E-state index is 0.0773. The van der Waals surface area contributed by atoms with E-state index in [1.54, 1.807) is 0 Å². The SMILES string of the molecule is CCC1CCN(CCC(=O)Nc2ccccc2CN)CC1. The first-order chi connectivity index (χ1) is 10.2. The Balaban J connectivity index is 1.75. The van der Waals surface area contributed by atoms with Gasteiger partial charge in [-0.25, -0.2) is 0 Å². The van der Waals surface area contributed by atoms with Gasteiger partial charge in [-0.1, -0.05) is 31.5 Å². The molecule has 0 spiro atoms. The van der Waals surface area contributed by atoms with Crippen LogP contribution in [-0.2, 0) is 11.3 Å². The van der Waals surface area contributed by atoms with Crippen LogP contribution in [0.2, 0.25) is 0 Å². The molecule has 0 atom stereocenters. The number of rotatable bonds is 6. The number of nitrogens with zero attached hydrogens (tertiary/aromatic N) is 1. The number of para-hydroxylation sites is 1. The van der Waals surface area contributed by atoms with Crippen LogP contribution in [-0.4, -0.2) is 30.4 Å². The van der Waals surface area contributed by atoms with E-state index in [4.69, 9.17) is 5.73 Å². The van der Waals surface area contributed by atoms with Crippen molar-refractivity contribution < 1.29 is 4.79 Å². The molecule has 4 heteroatoms. The van der Waals surface area contributed by atoms with Gasteiger partial charge in [0.25, 0.3) is 0 Å². The van der Waals surface area contributed by atoms with Gasteiger partial charge in [-0.2, -0.15) is 0 Å². The van der Waals surface area contributed by atoms with Crippen LogP contribution >= 0.6 is 0 Å². The van der Waals surface area contributed by atoms with Crippen molar-refractivity contribution in [3.63, 3.8) is 0 Å². The van der Waals surface area contributed by atoms with E-state index in [9.17, 15) is 4.79 Å². The molecule has 1 aromatic rings. The summed E-state index contributed by atoms with van der Waals surface area (Å²) >= 11 is 0. The van der Waals surface area contributed by atoms with Gasteiger partial charge in [0, 0.05) is 25.2 Å². The summed E-state index contributed by atoms with van der Waals surface area (Å²) in [6.07, 6.45) is 4.38. The Bertz CT molecular complexity index is 453. The van der Waals surface area contributed by atoms with Crippen LogP contribution in [0.1, 0.15) is 38.2 Å². The number of piperidine rings is 1. The number of hydrogen-bond donors (Lipinski definition) is 2. The van der Waals surface area contributed by atoms with Crippen molar-refractivity contribution in [2.24, 2.45) is 11.7 Å². The van der Waals surface area contributed by atoms with E-state index in [1.165, 1.54) is 19.3 Å². The van der Waals surface area contributed by atoms with Gasteiger partial charge in [0.05, 0.1) is 0 Å². The van der Waals surface area contributed by atoms with E-state index in [-0.39, 0.29) is 5.91 Å². The summed E-state index contributed by atoms with van der Waals surface area (Å²) < 4.78 is 0. The average molecular weight is 289 g/mol. The Hall–Kier alpha value is -1.39. The number of carbonyl (C=O) groups is 1. The zero-order valence-electron chi connectivity index (χ0n) is 13.0. The fraction of sp³-hybridized carbons (Fsp3) is 0.588. The van der Waals surface area contributed by atoms with E-state index < -0.39 is 0 Å². The molecule has 0 aromatic heterocycles. The van der Waals surface area contributed by atoms with Gasteiger partial charge in [-0.15, -0.1) is 0 Å². The average Bonchev–Trinajstić information content (AvgIpc) is 2.54. The molecule has 4 nitrogen and oxygen atoms in total. The molecule has 0 bridgehead atoms. The van der Waals surface area contributed by atoms with Gasteiger partial charge in [0.15, 0.2) is 0 Å². The maximum Gasteiger partial charge on any atom is 0.225 e. The van der Waals surface area contributed by atoms with Gasteiger partial charge in [-0.3, -0.25) is 4.79 Å². The van der Waals surface area contributed by atoms with Crippen LogP contribution in [0.25, 0.3) is 0 Å². The molecule has 1 fully saturated rings. The van der Waals surface area contributed by atoms with E-state index in [2.05, 4.69) is 17.1 Å². The standard InChI is InChI=1S/C17H27N3O/c1-2-14-7-10-20(11-8-14)12-9-17(21)19-16-6-4-3-5-15(16)13-18/h3-6,14H,2,7-13,18H2,1H3,(H,19,21). The summed E-state index contributed by atoms with van der Waals surface area (Å²) in [5.74, 6) is 0.958. The molecule has 1 heterocycles. The van der Waals surface area contributed by atoms with Crippen LogP contribution in [0.4, 0.5) is 5.69 Å². The highest BCUT2D eigenvalue weighted by molar-refractivity contribution is 5.91. The minimum atomic E-state index is 0.0773. The predicted octanol–water partition coefficient (Wildman–Crippen LogP) is 2.60. The largest absolute Gasteiger partial charge is 0.326 e. The van der Waals surface area contributed by atoms with Gasteiger partial charge in [0.1, 0.15) is 0 Å². The van der Waals surface area contributed by atoms with Crippen LogP contribution in [0, 0.1) is 5.92 Å². The lowest BCUT2D eigenvalue weighted by Crippen LogP contribution is -2.35. The fourth-order valence-corrected chi connectivity index (χ4v) is 2.91. The Morgan fingerprint density at radius 2 is 2.05 bits per heavy atom. The highest BCUT2D eigenvalue weighted by atomic mass is 16.1. The third kappa shape index (κ3) is 4.83. The summed E-state index contributed by atoms with van der Waals surface area (Å²) in [4.78, 5) is 14.5. The molecule has 1 aliphatic rings. The monoisotopic (exact) mass is 289 g/mol. The van der Waals surface area contributed by atoms with Crippen molar-refractivity contribution in [2.75, 3.05) is 25.0 Å². The van der Waals surface area contributed by atoms with Crippen LogP contribution in [0.3, 0.4) is 0 Å². The second-order valence-corrected chi connectivity index (χ2v) is 5.85. The lowest BCUT2D eigenvalue weighted by Gasteiger charge is -2.31. The number of carbonyl (C=O) groups excluding carboxylic acids is 1. The molecule has 1 amide bonds. The Kier molecular flexibility index (Phi) is 6.21. The van der Waals surface area contributed by atoms with Gasteiger partial charge in [0.2, 0.25) is 5.91 Å². The van der Waals surface area contributed by atoms with Gasteiger partial charge >= 0.3 is 0 Å². The van der Waals surface area contributed by atoms with E-state index >= 15 is 0 Å². The summed E-state index contributed by atoms with van der Waals surface area (Å²) in [5, 5.41) is 2.98. The number of hydrogen-bond acceptors (Lipinski definition) is 3. The highest BCUT2D eigenvalue weighted by Gasteiger charge is 2.18. The van der Waals surface area contributed by atoms with Crippen LogP contribution in [0.15, 0.2) is 24.3 Å². The molecule has 2 rings (SSSR count). The Morgan fingerprint density at radius 1 is 1.33 bits per heavy atom. The highest BCUT2D eigenvalue weighted by Crippen LogP contribution is 2.20. The van der Waals surface area contributed by atoms with Crippen LogP contribution in [0.5, 0.6) is 0 Å². The van der Waals surface area contributed by atoms with Gasteiger partial charge in [-0.05, 0) is 43.5 Å². The number of nitrogens with one attached hydrogen (secondary N) is 1. The normalized spacial score (nSPS) is 16.9. The van der Waals surface area contributed by atoms with Crippen molar-refractivity contribution in [2.45, 2.75) is 39.2 Å². The van der Waals surface area contributed by atoms with Gasteiger partial charge < -0.3 is 16.0 Å². The van der Waals surface area contributed by atoms with E-state index in [0.29, 0.717) is 13.0 Å². The number of likely N-dealkylation sites (tertiary alicyclic amines) is 1. The molecular formula is C17H27N3O. The van der Waals surface area contributed by atoms with Crippen molar-refractivity contribution in [3.05, 3.63) is 29.8 Å². The number of benzene rings is 1. The molecule has 21 heavy (non-hydrogen) atoms. The maximum atomic E-state index is 12.1. The fourth-order valence-electron chi connectivity index (χ4n) is 2.91. The molecule has 1 aliphatic heterocycles. The molecule has 1 saturated heterocycles.